The molecule has 1 amide bonds. The zero-order valence-electron chi connectivity index (χ0n) is 15.4. The Morgan fingerprint density at radius 1 is 1.38 bits per heavy atom. The molecule has 0 fully saturated rings. The maximum atomic E-state index is 12.9. The summed E-state index contributed by atoms with van der Waals surface area (Å²) in [6.07, 6.45) is 1.05. The summed E-state index contributed by atoms with van der Waals surface area (Å²) in [6.45, 7) is 8.92. The van der Waals surface area contributed by atoms with Gasteiger partial charge in [-0.05, 0) is 46.8 Å². The molecule has 0 radical (unpaired) electrons. The van der Waals surface area contributed by atoms with Gasteiger partial charge in [0, 0.05) is 18.0 Å². The number of aromatic nitrogens is 5. The minimum atomic E-state index is -0.623. The molecule has 3 aromatic rings. The second-order valence-corrected chi connectivity index (χ2v) is 7.10. The Bertz CT molecular complexity index is 1010. The van der Waals surface area contributed by atoms with Gasteiger partial charge in [0.2, 0.25) is 0 Å². The summed E-state index contributed by atoms with van der Waals surface area (Å²) in [7, 11) is 0. The van der Waals surface area contributed by atoms with Gasteiger partial charge in [0.25, 0.3) is 0 Å². The van der Waals surface area contributed by atoms with Crippen molar-refractivity contribution in [2.75, 3.05) is 0 Å². The van der Waals surface area contributed by atoms with E-state index >= 15 is 0 Å². The molecular weight excluding hydrogens is 336 g/mol. The van der Waals surface area contributed by atoms with Crippen LogP contribution in [0.3, 0.4) is 0 Å². The smallest absolute Gasteiger partial charge is 0.408 e. The third-order valence-electron chi connectivity index (χ3n) is 3.62. The monoisotopic (exact) mass is 358 g/mol. The Morgan fingerprint density at radius 2 is 2.12 bits per heavy atom. The number of H-pyrrole nitrogens is 1. The van der Waals surface area contributed by atoms with Crippen LogP contribution in [0.15, 0.2) is 29.2 Å². The van der Waals surface area contributed by atoms with Gasteiger partial charge in [-0.3, -0.25) is 9.50 Å². The van der Waals surface area contributed by atoms with Crippen molar-refractivity contribution >= 4 is 11.7 Å². The second kappa shape index (κ2) is 6.32. The number of rotatable bonds is 3. The lowest BCUT2D eigenvalue weighted by molar-refractivity contribution is 0.0505. The average Bonchev–Trinajstić information content (AvgIpc) is 3.13. The number of nitrogens with zero attached hydrogens (tertiary/aromatic N) is 4. The molecular formula is C17H22N6O3. The van der Waals surface area contributed by atoms with Crippen LogP contribution in [-0.2, 0) is 4.74 Å². The Hall–Kier alpha value is -3.10. The fraction of sp³-hybridized carbons (Fsp3) is 0.412. The van der Waals surface area contributed by atoms with Gasteiger partial charge in [0.05, 0.1) is 6.04 Å². The molecule has 1 unspecified atom stereocenters. The van der Waals surface area contributed by atoms with E-state index in [0.717, 1.165) is 5.69 Å². The van der Waals surface area contributed by atoms with Crippen LogP contribution in [0, 0.1) is 6.92 Å². The van der Waals surface area contributed by atoms with Crippen molar-refractivity contribution in [2.45, 2.75) is 46.3 Å². The number of aromatic amines is 1. The highest BCUT2D eigenvalue weighted by molar-refractivity contribution is 5.68. The van der Waals surface area contributed by atoms with E-state index in [9.17, 15) is 9.59 Å². The molecule has 2 N–H and O–H groups in total. The van der Waals surface area contributed by atoms with Gasteiger partial charge in [-0.15, -0.1) is 0 Å². The van der Waals surface area contributed by atoms with Crippen molar-refractivity contribution < 1.29 is 9.53 Å². The molecule has 3 aromatic heterocycles. The topological polar surface area (TPSA) is 106 Å². The van der Waals surface area contributed by atoms with Crippen molar-refractivity contribution in [1.82, 2.24) is 29.5 Å². The molecule has 1 atom stereocenters. The summed E-state index contributed by atoms with van der Waals surface area (Å²) in [5.41, 5.74) is 0.353. The Morgan fingerprint density at radius 3 is 2.73 bits per heavy atom. The highest BCUT2D eigenvalue weighted by Crippen LogP contribution is 2.16. The van der Waals surface area contributed by atoms with Crippen LogP contribution < -0.4 is 11.0 Å². The number of fused-ring (bicyclic) bond motifs is 1. The van der Waals surface area contributed by atoms with Crippen molar-refractivity contribution in [2.24, 2.45) is 0 Å². The maximum absolute atomic E-state index is 12.9. The summed E-state index contributed by atoms with van der Waals surface area (Å²) >= 11 is 0. The van der Waals surface area contributed by atoms with Crippen molar-refractivity contribution in [3.8, 4) is 5.82 Å². The first-order chi connectivity index (χ1) is 12.2. The molecule has 0 aliphatic heterocycles. The van der Waals surface area contributed by atoms with Crippen molar-refractivity contribution in [3.63, 3.8) is 0 Å². The minimum absolute atomic E-state index is 0.320. The van der Waals surface area contributed by atoms with Crippen LogP contribution >= 0.6 is 0 Å². The zero-order chi connectivity index (χ0) is 19.1. The summed E-state index contributed by atoms with van der Waals surface area (Å²) in [5.74, 6) is 0.766. The predicted molar refractivity (Wildman–Crippen MR) is 95.5 cm³/mol. The van der Waals surface area contributed by atoms with Gasteiger partial charge in [-0.25, -0.2) is 19.1 Å². The van der Waals surface area contributed by atoms with Gasteiger partial charge in [0.15, 0.2) is 5.82 Å². The fourth-order valence-electron chi connectivity index (χ4n) is 2.57. The molecule has 0 aliphatic carbocycles. The van der Waals surface area contributed by atoms with E-state index < -0.39 is 17.7 Å². The lowest BCUT2D eigenvalue weighted by atomic mass is 10.2. The van der Waals surface area contributed by atoms with Crippen molar-refractivity contribution in [1.29, 1.82) is 0 Å². The lowest BCUT2D eigenvalue weighted by Crippen LogP contribution is -2.38. The molecule has 0 saturated carbocycles. The third-order valence-corrected chi connectivity index (χ3v) is 3.62. The molecule has 0 saturated heterocycles. The van der Waals surface area contributed by atoms with Gasteiger partial charge in [-0.1, -0.05) is 0 Å². The highest BCUT2D eigenvalue weighted by Gasteiger charge is 2.23. The molecule has 0 aromatic carbocycles. The molecule has 3 heterocycles. The van der Waals surface area contributed by atoms with Crippen molar-refractivity contribution in [3.05, 3.63) is 46.4 Å². The minimum Gasteiger partial charge on any atom is -0.444 e. The van der Waals surface area contributed by atoms with E-state index in [-0.39, 0.29) is 5.69 Å². The molecule has 9 heteroatoms. The molecule has 3 rings (SSSR count). The first-order valence-electron chi connectivity index (χ1n) is 8.27. The zero-order valence-corrected chi connectivity index (χ0v) is 15.4. The number of ether oxygens (including phenoxy) is 1. The van der Waals surface area contributed by atoms with E-state index in [4.69, 9.17) is 4.74 Å². The third kappa shape index (κ3) is 3.46. The van der Waals surface area contributed by atoms with E-state index in [2.05, 4.69) is 20.5 Å². The number of hydrogen-bond donors (Lipinski definition) is 2. The van der Waals surface area contributed by atoms with Gasteiger partial charge >= 0.3 is 11.8 Å². The number of carbonyl (C=O) groups is 1. The normalized spacial score (nSPS) is 13.0. The van der Waals surface area contributed by atoms with Crippen LogP contribution in [-0.4, -0.2) is 35.8 Å². The number of aryl methyl sites for hydroxylation is 1. The van der Waals surface area contributed by atoms with Gasteiger partial charge in [0.1, 0.15) is 17.1 Å². The summed E-state index contributed by atoms with van der Waals surface area (Å²) < 4.78 is 8.09. The number of amides is 1. The van der Waals surface area contributed by atoms with Crippen LogP contribution in [0.5, 0.6) is 0 Å². The average molecular weight is 358 g/mol. The molecule has 0 bridgehead atoms. The predicted octanol–water partition coefficient (Wildman–Crippen LogP) is 2.10. The van der Waals surface area contributed by atoms with Crippen LogP contribution in [0.1, 0.15) is 45.3 Å². The van der Waals surface area contributed by atoms with Crippen LogP contribution in [0.2, 0.25) is 0 Å². The molecule has 26 heavy (non-hydrogen) atoms. The molecule has 138 valence electrons. The largest absolute Gasteiger partial charge is 0.444 e. The van der Waals surface area contributed by atoms with E-state index in [1.165, 1.54) is 8.97 Å². The standard InChI is InChI=1S/C17H22N6O3/c1-10-9-13(21-20-10)23-14(11(2)18-15(24)26-17(3,4)5)19-12-7-6-8-22(12)16(23)25/h6-9,11H,1-5H3,(H,18,24)(H,20,21). The fourth-order valence-corrected chi connectivity index (χ4v) is 2.57. The van der Waals surface area contributed by atoms with Gasteiger partial charge < -0.3 is 10.1 Å². The number of nitrogens with one attached hydrogen (secondary N) is 2. The summed E-state index contributed by atoms with van der Waals surface area (Å²) in [6, 6.07) is 4.63. The van der Waals surface area contributed by atoms with E-state index in [1.54, 1.807) is 52.1 Å². The lowest BCUT2D eigenvalue weighted by Gasteiger charge is -2.22. The molecule has 0 spiro atoms. The summed E-state index contributed by atoms with van der Waals surface area (Å²) in [5, 5.41) is 9.70. The summed E-state index contributed by atoms with van der Waals surface area (Å²) in [4.78, 5) is 29.6. The van der Waals surface area contributed by atoms with E-state index in [1.807, 2.05) is 6.92 Å². The highest BCUT2D eigenvalue weighted by atomic mass is 16.6. The number of hydrogen-bond acceptors (Lipinski definition) is 5. The Kier molecular flexibility index (Phi) is 4.31. The number of alkyl carbamates (subject to hydrolysis) is 1. The maximum Gasteiger partial charge on any atom is 0.408 e. The van der Waals surface area contributed by atoms with Crippen LogP contribution in [0.4, 0.5) is 4.79 Å². The quantitative estimate of drug-likeness (QED) is 0.746. The van der Waals surface area contributed by atoms with Gasteiger partial charge in [-0.2, -0.15) is 5.10 Å². The number of carbonyl (C=O) groups excluding carboxylic acids is 1. The Balaban J connectivity index is 2.06. The van der Waals surface area contributed by atoms with E-state index in [0.29, 0.717) is 17.3 Å². The molecule has 0 aliphatic rings. The van der Waals surface area contributed by atoms with Crippen LogP contribution in [0.25, 0.3) is 11.5 Å². The first kappa shape index (κ1) is 17.7. The Labute approximate surface area is 150 Å². The molecule has 9 nitrogen and oxygen atoms in total. The SMILES string of the molecule is Cc1cc(-n2c(C(C)NC(=O)OC(C)(C)C)nc3cccn3c2=O)n[nH]1. The second-order valence-electron chi connectivity index (χ2n) is 7.10. The first-order valence-corrected chi connectivity index (χ1v) is 8.27.